The van der Waals surface area contributed by atoms with Crippen molar-refractivity contribution in [2.75, 3.05) is 0 Å². The van der Waals surface area contributed by atoms with Gasteiger partial charge in [0, 0.05) is 6.42 Å². The Morgan fingerprint density at radius 1 is 1.40 bits per heavy atom. The van der Waals surface area contributed by atoms with Gasteiger partial charge in [-0.1, -0.05) is 18.7 Å². The first-order chi connectivity index (χ1) is 3.93. The predicted octanol–water partition coefficient (Wildman–Crippen LogP) is -0.971. The van der Waals surface area contributed by atoms with E-state index in [9.17, 15) is 0 Å². The summed E-state index contributed by atoms with van der Waals surface area (Å²) in [5, 5.41) is 0. The van der Waals surface area contributed by atoms with Gasteiger partial charge in [-0.05, 0) is 17.7 Å². The van der Waals surface area contributed by atoms with E-state index < -0.39 is 0 Å². The minimum Gasteiger partial charge on any atom is -1.00 e. The maximum Gasteiger partial charge on any atom is 1.00 e. The molecule has 0 N–H and O–H groups in total. The molecule has 1 aliphatic carbocycles. The Morgan fingerprint density at radius 2 is 2.10 bits per heavy atom. The monoisotopic (exact) mass is 340 g/mol. The largest absolute Gasteiger partial charge is 1.00 e. The molecule has 0 heterocycles. The van der Waals surface area contributed by atoms with Crippen LogP contribution in [0.5, 0.6) is 0 Å². The summed E-state index contributed by atoms with van der Waals surface area (Å²) < 4.78 is 0. The van der Waals surface area contributed by atoms with Crippen LogP contribution in [0.15, 0.2) is 42.2 Å². The van der Waals surface area contributed by atoms with E-state index >= 15 is 0 Å². The number of rotatable bonds is 1. The van der Waals surface area contributed by atoms with Gasteiger partial charge in [-0.25, -0.2) is 0 Å². The summed E-state index contributed by atoms with van der Waals surface area (Å²) in [5.74, 6) is 0. The average molecular weight is 339 g/mol. The van der Waals surface area contributed by atoms with Crippen LogP contribution in [0.4, 0.5) is 0 Å². The minimum atomic E-state index is 0. The van der Waals surface area contributed by atoms with Crippen LogP contribution in [0.1, 0.15) is 0 Å². The summed E-state index contributed by atoms with van der Waals surface area (Å²) in [6.07, 6.45) is 9.49. The van der Waals surface area contributed by atoms with E-state index in [4.69, 9.17) is 0 Å². The van der Waals surface area contributed by atoms with Gasteiger partial charge in [0.05, 0.1) is 0 Å². The van der Waals surface area contributed by atoms with E-state index in [0.717, 1.165) is 5.57 Å². The van der Waals surface area contributed by atoms with Gasteiger partial charge in [0.2, 0.25) is 0 Å². The minimum absolute atomic E-state index is 0. The quantitative estimate of drug-likeness (QED) is 0.426. The fourth-order valence-electron chi connectivity index (χ4n) is 0.536. The molecule has 0 saturated carbocycles. The standard InChI is InChI=1S/C8H7.ClH.Hg/c1-2-8-6-4-3-5-7-8;;/h2,4-7H,1H2;1H;/q;;+1/p-1. The predicted molar refractivity (Wildman–Crippen MR) is 35.2 cm³/mol. The molecule has 0 aromatic rings. The average Bonchev–Trinajstić information content (AvgIpc) is 1.90. The number of halogens is 1. The third-order valence-corrected chi connectivity index (χ3v) is 0.980. The van der Waals surface area contributed by atoms with Gasteiger partial charge in [-0.2, -0.15) is 0 Å². The van der Waals surface area contributed by atoms with Crippen molar-refractivity contribution >= 4 is 0 Å². The summed E-state index contributed by atoms with van der Waals surface area (Å²) in [6, 6.07) is 0. The Bertz CT molecular complexity index is 185. The molecular weight excluding hydrogens is 332 g/mol. The van der Waals surface area contributed by atoms with Crippen molar-refractivity contribution in [2.24, 2.45) is 0 Å². The van der Waals surface area contributed by atoms with Gasteiger partial charge >= 0.3 is 27.7 Å². The zero-order valence-corrected chi connectivity index (χ0v) is 11.9. The van der Waals surface area contributed by atoms with Crippen molar-refractivity contribution in [3.63, 3.8) is 0 Å². The molecule has 2 heteroatoms. The Morgan fingerprint density at radius 3 is 2.40 bits per heavy atom. The molecule has 0 fully saturated rings. The number of hydrogen-bond acceptors (Lipinski definition) is 0. The van der Waals surface area contributed by atoms with Gasteiger partial charge < -0.3 is 12.4 Å². The van der Waals surface area contributed by atoms with Gasteiger partial charge in [0.15, 0.2) is 0 Å². The molecule has 0 spiro atoms. The summed E-state index contributed by atoms with van der Waals surface area (Å²) in [6.45, 7) is 3.62. The van der Waals surface area contributed by atoms with Crippen molar-refractivity contribution < 1.29 is 40.1 Å². The molecule has 48 valence electrons. The topological polar surface area (TPSA) is 0 Å². The van der Waals surface area contributed by atoms with E-state index in [1.54, 1.807) is 0 Å². The molecule has 1 rings (SSSR count). The van der Waals surface area contributed by atoms with Gasteiger partial charge in [-0.3, -0.25) is 0 Å². The second kappa shape index (κ2) is 7.33. The van der Waals surface area contributed by atoms with Crippen LogP contribution in [0, 0.1) is 6.42 Å². The van der Waals surface area contributed by atoms with Crippen LogP contribution in [0.3, 0.4) is 0 Å². The molecule has 0 saturated heterocycles. The maximum absolute atomic E-state index is 3.62. The van der Waals surface area contributed by atoms with Crippen molar-refractivity contribution in [1.29, 1.82) is 0 Å². The molecule has 0 amide bonds. The maximum atomic E-state index is 3.62. The third kappa shape index (κ3) is 4.11. The van der Waals surface area contributed by atoms with E-state index in [-0.39, 0.29) is 40.1 Å². The van der Waals surface area contributed by atoms with Crippen LogP contribution in [-0.2, 0) is 27.7 Å². The summed E-state index contributed by atoms with van der Waals surface area (Å²) in [5.41, 5.74) is 4.06. The Balaban J connectivity index is 0. The molecule has 2 radical (unpaired) electrons. The van der Waals surface area contributed by atoms with Crippen molar-refractivity contribution in [3.05, 3.63) is 48.6 Å². The fourth-order valence-corrected chi connectivity index (χ4v) is 0.536. The van der Waals surface area contributed by atoms with E-state index in [2.05, 4.69) is 12.3 Å². The molecule has 0 aliphatic heterocycles. The van der Waals surface area contributed by atoms with Crippen molar-refractivity contribution in [1.82, 2.24) is 0 Å². The Hall–Kier alpha value is 0.225. The van der Waals surface area contributed by atoms with Crippen LogP contribution in [-0.4, -0.2) is 0 Å². The summed E-state index contributed by atoms with van der Waals surface area (Å²) in [7, 11) is 0. The molecule has 0 nitrogen and oxygen atoms in total. The molecule has 0 aromatic heterocycles. The zero-order chi connectivity index (χ0) is 5.82. The van der Waals surface area contributed by atoms with Crippen molar-refractivity contribution in [3.8, 4) is 0 Å². The summed E-state index contributed by atoms with van der Waals surface area (Å²) in [4.78, 5) is 0. The second-order valence-corrected chi connectivity index (χ2v) is 1.54. The normalized spacial score (nSPS) is 12.6. The first-order valence-corrected chi connectivity index (χ1v) is 2.52. The van der Waals surface area contributed by atoms with Gasteiger partial charge in [-0.15, -0.1) is 5.73 Å². The molecule has 0 atom stereocenters. The Kier molecular flexibility index (Phi) is 9.43. The van der Waals surface area contributed by atoms with Crippen LogP contribution < -0.4 is 12.4 Å². The molecule has 10 heavy (non-hydrogen) atoms. The molecule has 1 aliphatic rings. The van der Waals surface area contributed by atoms with Gasteiger partial charge in [0.1, 0.15) is 0 Å². The molecular formula is C8H7ClHg. The number of allylic oxidation sites excluding steroid dienone is 4. The van der Waals surface area contributed by atoms with E-state index in [1.165, 1.54) is 0 Å². The first-order valence-electron chi connectivity index (χ1n) is 2.52. The number of hydrogen-bond donors (Lipinski definition) is 0. The van der Waals surface area contributed by atoms with Crippen molar-refractivity contribution in [2.45, 2.75) is 0 Å². The smallest absolute Gasteiger partial charge is 1.00 e. The molecule has 0 unspecified atom stereocenters. The second-order valence-electron chi connectivity index (χ2n) is 1.54. The zero-order valence-electron chi connectivity index (χ0n) is 5.68. The third-order valence-electron chi connectivity index (χ3n) is 0.980. The van der Waals surface area contributed by atoms with Crippen LogP contribution in [0.25, 0.3) is 0 Å². The van der Waals surface area contributed by atoms with Crippen LogP contribution in [0.2, 0.25) is 0 Å². The van der Waals surface area contributed by atoms with Crippen LogP contribution >= 0.6 is 0 Å². The summed E-state index contributed by atoms with van der Waals surface area (Å²) >= 11 is 0. The Labute approximate surface area is 88.3 Å². The van der Waals surface area contributed by atoms with E-state index in [1.807, 2.05) is 30.7 Å². The van der Waals surface area contributed by atoms with E-state index in [0.29, 0.717) is 0 Å². The molecule has 0 aromatic carbocycles. The first kappa shape index (κ1) is 12.9. The molecule has 0 bridgehead atoms. The fraction of sp³-hybridized carbons (Fsp3) is 0. The van der Waals surface area contributed by atoms with Gasteiger partial charge in [0.25, 0.3) is 0 Å². The SMILES string of the molecule is C=CC1=CC=C=C[CH]1.[Cl-].[Hg+].